The number of ether oxygens (including phenoxy) is 1. The van der Waals surface area contributed by atoms with Gasteiger partial charge in [-0.1, -0.05) is 0 Å². The lowest BCUT2D eigenvalue weighted by atomic mass is 10.1. The largest absolute Gasteiger partial charge is 0.480 e. The van der Waals surface area contributed by atoms with Crippen LogP contribution in [0.3, 0.4) is 0 Å². The monoisotopic (exact) mass is 247 g/mol. The molecule has 9 nitrogen and oxygen atoms in total. The van der Waals surface area contributed by atoms with E-state index in [1.165, 1.54) is 23.8 Å². The van der Waals surface area contributed by atoms with Crippen LogP contribution >= 0.6 is 0 Å². The predicted molar refractivity (Wildman–Crippen MR) is 51.6 cm³/mol. The molecule has 1 aromatic rings. The number of esters is 1. The predicted octanol–water partition coefficient (Wildman–Crippen LogP) is -0.985. The Balaban J connectivity index is 1.83. The second-order valence-corrected chi connectivity index (χ2v) is 3.66. The molecule has 0 bridgehead atoms. The molecular formula is C8H13N3O6. The summed E-state index contributed by atoms with van der Waals surface area (Å²) in [5, 5.41) is 11.3. The van der Waals surface area contributed by atoms with Gasteiger partial charge in [-0.25, -0.2) is 9.80 Å². The minimum atomic E-state index is -0.917. The maximum absolute atomic E-state index is 10.7. The minimum absolute atomic E-state index is 0.474. The second kappa shape index (κ2) is 4.07. The van der Waals surface area contributed by atoms with Crippen LogP contribution in [0.15, 0.2) is 4.63 Å². The van der Waals surface area contributed by atoms with Gasteiger partial charge in [-0.05, 0) is 6.42 Å². The zero-order chi connectivity index (χ0) is 12.6. The van der Waals surface area contributed by atoms with Crippen molar-refractivity contribution in [3.8, 4) is 0 Å². The molecule has 0 spiro atoms. The molecule has 17 heavy (non-hydrogen) atoms. The molecule has 1 aromatic heterocycles. The van der Waals surface area contributed by atoms with Gasteiger partial charge in [0.15, 0.2) is 0 Å². The van der Waals surface area contributed by atoms with E-state index in [-0.39, 0.29) is 0 Å². The zero-order valence-electron chi connectivity index (χ0n) is 9.40. The van der Waals surface area contributed by atoms with E-state index in [1.807, 2.05) is 0 Å². The van der Waals surface area contributed by atoms with E-state index in [0.717, 1.165) is 5.02 Å². The van der Waals surface area contributed by atoms with Gasteiger partial charge in [0.05, 0.1) is 4.96 Å². The summed E-state index contributed by atoms with van der Waals surface area (Å²) in [6.45, 7) is 3.35. The Morgan fingerprint density at radius 2 is 2.24 bits per heavy atom. The number of carbonyl (C=O) groups is 2. The lowest BCUT2D eigenvalue weighted by Gasteiger charge is -2.33. The van der Waals surface area contributed by atoms with E-state index in [2.05, 4.69) is 0 Å². The summed E-state index contributed by atoms with van der Waals surface area (Å²) in [6, 6.07) is -0.604. The van der Waals surface area contributed by atoms with Gasteiger partial charge in [-0.2, -0.15) is 4.63 Å². The molecule has 0 amide bonds. The summed E-state index contributed by atoms with van der Waals surface area (Å²) in [6.07, 6.45) is -0.246. The molecule has 1 aliphatic heterocycles. The van der Waals surface area contributed by atoms with E-state index in [1.54, 1.807) is 0 Å². The van der Waals surface area contributed by atoms with Gasteiger partial charge in [0.25, 0.3) is 6.29 Å². The highest BCUT2D eigenvalue weighted by Gasteiger charge is 2.40. The fourth-order valence-corrected chi connectivity index (χ4v) is 1.46. The van der Waals surface area contributed by atoms with Crippen molar-refractivity contribution < 1.29 is 28.9 Å². The third kappa shape index (κ3) is 2.37. The molecule has 0 aromatic carbocycles. The van der Waals surface area contributed by atoms with Gasteiger partial charge in [0, 0.05) is 20.4 Å². The molecule has 9 heteroatoms. The van der Waals surface area contributed by atoms with E-state index in [0.29, 0.717) is 13.0 Å². The molecule has 0 radical (unpaired) electrons. The molecule has 96 valence electrons. The number of carboxylic acids is 1. The Kier molecular flexibility index (Phi) is 2.74. The van der Waals surface area contributed by atoms with E-state index < -0.39 is 24.3 Å². The van der Waals surface area contributed by atoms with E-state index in [9.17, 15) is 9.59 Å². The maximum Gasteiger partial charge on any atom is 0.328 e. The molecule has 2 atom stereocenters. The Bertz CT molecular complexity index is 418. The number of hydrogen-bond donors (Lipinski definition) is 1. The highest BCUT2D eigenvalue weighted by Crippen LogP contribution is 2.17. The fraction of sp³-hybridized carbons (Fsp3) is 0.750. The normalized spacial score (nSPS) is 20.8. The molecule has 1 aliphatic rings. The Morgan fingerprint density at radius 1 is 1.53 bits per heavy atom. The maximum atomic E-state index is 10.7. The first-order valence-corrected chi connectivity index (χ1v) is 5.10. The molecule has 1 saturated heterocycles. The number of aromatic nitrogens is 2. The van der Waals surface area contributed by atoms with Gasteiger partial charge in [0.1, 0.15) is 11.1 Å². The standard InChI is InChI=1S/C8H13N3O6/c1-5(12)15-6(2)16-11-10(17-11)9-4-3-7(9)8(13)14/h6-7H,3-4H2,1-2H3,(H,13,14)/t6?,7-,10?,11?/m0/s1. The molecule has 2 rings (SSSR count). The Labute approximate surface area is 95.9 Å². The van der Waals surface area contributed by atoms with Crippen LogP contribution < -0.4 is 9.85 Å². The third-order valence-electron chi connectivity index (χ3n) is 2.32. The summed E-state index contributed by atoms with van der Waals surface area (Å²) in [4.78, 5) is 27.6. The average Bonchev–Trinajstić information content (AvgIpc) is 2.78. The Hall–Kier alpha value is -2.06. The summed E-state index contributed by atoms with van der Waals surface area (Å²) in [5.74, 6) is -1.39. The van der Waals surface area contributed by atoms with E-state index in [4.69, 9.17) is 19.3 Å². The van der Waals surface area contributed by atoms with Crippen LogP contribution in [-0.2, 0) is 14.3 Å². The Morgan fingerprint density at radius 3 is 2.71 bits per heavy atom. The number of aliphatic carboxylic acids is 1. The zero-order valence-corrected chi connectivity index (χ0v) is 9.40. The molecular weight excluding hydrogens is 234 g/mol. The highest BCUT2D eigenvalue weighted by atomic mass is 17.0. The van der Waals surface area contributed by atoms with Crippen molar-refractivity contribution in [3.05, 3.63) is 0 Å². The van der Waals surface area contributed by atoms with Crippen molar-refractivity contribution in [1.82, 2.24) is 9.98 Å². The van der Waals surface area contributed by atoms with Gasteiger partial charge in [-0.15, -0.1) is 0 Å². The van der Waals surface area contributed by atoms with Crippen LogP contribution in [0.2, 0.25) is 0 Å². The number of rotatable bonds is 5. The SMILES string of the molecule is CC(=O)OC(C)On1on1N1CC[C@H]1C(=O)O. The quantitative estimate of drug-likeness (QED) is 0.527. The number of carboxylic acid groups (broad SMARTS) is 1. The first kappa shape index (κ1) is 11.4. The van der Waals surface area contributed by atoms with Crippen molar-refractivity contribution in [2.24, 2.45) is 0 Å². The first-order valence-electron chi connectivity index (χ1n) is 5.10. The number of carbonyl (C=O) groups excluding carboxylic acids is 1. The van der Waals surface area contributed by atoms with Crippen LogP contribution in [0.4, 0.5) is 0 Å². The van der Waals surface area contributed by atoms with Gasteiger partial charge >= 0.3 is 11.9 Å². The van der Waals surface area contributed by atoms with Crippen molar-refractivity contribution >= 4 is 11.9 Å². The topological polar surface area (TPSA) is 99.1 Å². The van der Waals surface area contributed by atoms with Crippen LogP contribution in [0.1, 0.15) is 20.3 Å². The minimum Gasteiger partial charge on any atom is -0.480 e. The van der Waals surface area contributed by atoms with Crippen LogP contribution in [0.25, 0.3) is 0 Å². The number of nitrogens with zero attached hydrogens (tertiary/aromatic N) is 3. The summed E-state index contributed by atoms with van der Waals surface area (Å²) >= 11 is 0. The smallest absolute Gasteiger partial charge is 0.328 e. The lowest BCUT2D eigenvalue weighted by molar-refractivity contribution is -0.178. The van der Waals surface area contributed by atoms with Crippen LogP contribution in [-0.4, -0.2) is 45.9 Å². The highest BCUT2D eigenvalue weighted by molar-refractivity contribution is 5.77. The average molecular weight is 247 g/mol. The van der Waals surface area contributed by atoms with Crippen molar-refractivity contribution in [3.63, 3.8) is 0 Å². The van der Waals surface area contributed by atoms with Gasteiger partial charge < -0.3 is 14.7 Å². The third-order valence-corrected chi connectivity index (χ3v) is 2.32. The molecule has 1 fully saturated rings. The fourth-order valence-electron chi connectivity index (χ4n) is 1.46. The lowest BCUT2D eigenvalue weighted by Crippen LogP contribution is -2.57. The van der Waals surface area contributed by atoms with Crippen LogP contribution in [0, 0.1) is 0 Å². The molecule has 0 saturated carbocycles. The van der Waals surface area contributed by atoms with E-state index >= 15 is 0 Å². The van der Waals surface area contributed by atoms with Crippen molar-refractivity contribution in [2.45, 2.75) is 32.6 Å². The van der Waals surface area contributed by atoms with Crippen LogP contribution in [0.5, 0.6) is 0 Å². The number of hydrogen-bond acceptors (Lipinski definition) is 6. The van der Waals surface area contributed by atoms with Crippen molar-refractivity contribution in [2.75, 3.05) is 11.6 Å². The summed E-state index contributed by atoms with van der Waals surface area (Å²) in [7, 11) is 0. The molecule has 2 heterocycles. The summed E-state index contributed by atoms with van der Waals surface area (Å²) < 4.78 is 9.58. The first-order chi connectivity index (χ1) is 7.99. The molecule has 1 unspecified atom stereocenters. The second-order valence-electron chi connectivity index (χ2n) is 3.66. The van der Waals surface area contributed by atoms with Crippen molar-refractivity contribution in [1.29, 1.82) is 0 Å². The summed E-state index contributed by atoms with van der Waals surface area (Å²) in [5.41, 5.74) is 0. The van der Waals surface area contributed by atoms with Gasteiger partial charge in [-0.3, -0.25) is 4.79 Å². The van der Waals surface area contributed by atoms with Gasteiger partial charge in [0.2, 0.25) is 0 Å². The molecule has 1 N–H and O–H groups in total. The molecule has 0 aliphatic carbocycles.